The topological polar surface area (TPSA) is 38.3 Å². The molecular formula is C21H27NO2. The van der Waals surface area contributed by atoms with Gasteiger partial charge in [0.15, 0.2) is 6.10 Å². The van der Waals surface area contributed by atoms with E-state index in [1.165, 1.54) is 5.56 Å². The van der Waals surface area contributed by atoms with E-state index in [4.69, 9.17) is 4.74 Å². The quantitative estimate of drug-likeness (QED) is 0.864. The van der Waals surface area contributed by atoms with Crippen LogP contribution in [0.1, 0.15) is 37.5 Å². The second kappa shape index (κ2) is 7.52. The van der Waals surface area contributed by atoms with Gasteiger partial charge in [0, 0.05) is 5.54 Å². The van der Waals surface area contributed by atoms with Gasteiger partial charge in [-0.15, -0.1) is 0 Å². The summed E-state index contributed by atoms with van der Waals surface area (Å²) in [5.74, 6) is 0.662. The van der Waals surface area contributed by atoms with Gasteiger partial charge in [-0.05, 0) is 63.8 Å². The number of hydrogen-bond donors (Lipinski definition) is 1. The van der Waals surface area contributed by atoms with Gasteiger partial charge >= 0.3 is 0 Å². The van der Waals surface area contributed by atoms with Crippen molar-refractivity contribution in [1.82, 2.24) is 5.32 Å². The summed E-state index contributed by atoms with van der Waals surface area (Å²) in [5.41, 5.74) is 3.01. The van der Waals surface area contributed by atoms with Crippen LogP contribution in [0.3, 0.4) is 0 Å². The molecule has 128 valence electrons. The van der Waals surface area contributed by atoms with E-state index in [0.29, 0.717) is 0 Å². The van der Waals surface area contributed by atoms with E-state index in [-0.39, 0.29) is 11.4 Å². The predicted octanol–water partition coefficient (Wildman–Crippen LogP) is 4.21. The number of amides is 1. The molecule has 2 rings (SSSR count). The average molecular weight is 325 g/mol. The molecule has 1 N–H and O–H groups in total. The average Bonchev–Trinajstić information content (AvgIpc) is 2.51. The molecule has 0 aliphatic rings. The highest BCUT2D eigenvalue weighted by Gasteiger charge is 2.25. The van der Waals surface area contributed by atoms with Crippen molar-refractivity contribution in [2.24, 2.45) is 0 Å². The minimum Gasteiger partial charge on any atom is -0.481 e. The molecule has 2 aromatic carbocycles. The molecule has 3 nitrogen and oxygen atoms in total. The molecule has 2 aromatic rings. The smallest absolute Gasteiger partial charge is 0.261 e. The SMILES string of the molecule is Cc1ccc(C)c(O[C@@H](C)C(=O)NC(C)(C)Cc2ccccc2)c1. The minimum absolute atomic E-state index is 0.100. The zero-order valence-corrected chi connectivity index (χ0v) is 15.2. The summed E-state index contributed by atoms with van der Waals surface area (Å²) in [6, 6.07) is 16.2. The Kier molecular flexibility index (Phi) is 5.66. The Morgan fingerprint density at radius 3 is 2.46 bits per heavy atom. The normalized spacial score (nSPS) is 12.5. The van der Waals surface area contributed by atoms with Gasteiger partial charge in [-0.1, -0.05) is 42.5 Å². The first kappa shape index (κ1) is 18.1. The van der Waals surface area contributed by atoms with Gasteiger partial charge in [-0.2, -0.15) is 0 Å². The largest absolute Gasteiger partial charge is 0.481 e. The van der Waals surface area contributed by atoms with Crippen LogP contribution < -0.4 is 10.1 Å². The summed E-state index contributed by atoms with van der Waals surface area (Å²) in [4.78, 5) is 12.5. The number of aryl methyl sites for hydroxylation is 2. The van der Waals surface area contributed by atoms with Crippen LogP contribution in [0.5, 0.6) is 5.75 Å². The molecule has 0 bridgehead atoms. The zero-order valence-electron chi connectivity index (χ0n) is 15.2. The first-order valence-electron chi connectivity index (χ1n) is 8.37. The standard InChI is InChI=1S/C21H27NO2/c1-15-11-12-16(2)19(13-15)24-17(3)20(23)22-21(4,5)14-18-9-7-6-8-10-18/h6-13,17H,14H2,1-5H3,(H,22,23)/t17-/m0/s1. The van der Waals surface area contributed by atoms with Crippen molar-refractivity contribution >= 4 is 5.91 Å². The van der Waals surface area contributed by atoms with E-state index < -0.39 is 6.10 Å². The molecule has 3 heteroatoms. The van der Waals surface area contributed by atoms with Crippen molar-refractivity contribution in [3.05, 3.63) is 65.2 Å². The fourth-order valence-corrected chi connectivity index (χ4v) is 2.66. The maximum Gasteiger partial charge on any atom is 0.261 e. The van der Waals surface area contributed by atoms with Crippen molar-refractivity contribution in [3.63, 3.8) is 0 Å². The molecule has 0 radical (unpaired) electrons. The van der Waals surface area contributed by atoms with E-state index in [0.717, 1.165) is 23.3 Å². The molecule has 0 aromatic heterocycles. The summed E-state index contributed by atoms with van der Waals surface area (Å²) < 4.78 is 5.87. The highest BCUT2D eigenvalue weighted by atomic mass is 16.5. The van der Waals surface area contributed by atoms with Crippen molar-refractivity contribution < 1.29 is 9.53 Å². The molecular weight excluding hydrogens is 298 g/mol. The second-order valence-corrected chi connectivity index (χ2v) is 7.06. The van der Waals surface area contributed by atoms with Crippen LogP contribution in [-0.2, 0) is 11.2 Å². The summed E-state index contributed by atoms with van der Waals surface area (Å²) in [6.45, 7) is 9.85. The van der Waals surface area contributed by atoms with E-state index in [2.05, 4.69) is 17.4 Å². The van der Waals surface area contributed by atoms with Gasteiger partial charge in [0.25, 0.3) is 5.91 Å². The monoisotopic (exact) mass is 325 g/mol. The summed E-state index contributed by atoms with van der Waals surface area (Å²) in [6.07, 6.45) is 0.232. The summed E-state index contributed by atoms with van der Waals surface area (Å²) in [7, 11) is 0. The van der Waals surface area contributed by atoms with Crippen molar-refractivity contribution in [2.45, 2.75) is 52.7 Å². The molecule has 0 unspecified atom stereocenters. The number of carbonyl (C=O) groups excluding carboxylic acids is 1. The third-order valence-electron chi connectivity index (χ3n) is 3.97. The van der Waals surface area contributed by atoms with Gasteiger partial charge in [-0.25, -0.2) is 0 Å². The van der Waals surface area contributed by atoms with E-state index >= 15 is 0 Å². The Morgan fingerprint density at radius 1 is 1.12 bits per heavy atom. The lowest BCUT2D eigenvalue weighted by molar-refractivity contribution is -0.128. The maximum absolute atomic E-state index is 12.5. The number of rotatable bonds is 6. The van der Waals surface area contributed by atoms with Gasteiger partial charge < -0.3 is 10.1 Å². The molecule has 0 aliphatic heterocycles. The number of benzene rings is 2. The lowest BCUT2D eigenvalue weighted by Crippen LogP contribution is -2.49. The minimum atomic E-state index is -0.541. The van der Waals surface area contributed by atoms with Crippen LogP contribution in [0, 0.1) is 13.8 Å². The maximum atomic E-state index is 12.5. The van der Waals surface area contributed by atoms with Gasteiger partial charge in [0.1, 0.15) is 5.75 Å². The highest BCUT2D eigenvalue weighted by Crippen LogP contribution is 2.21. The first-order valence-corrected chi connectivity index (χ1v) is 8.37. The predicted molar refractivity (Wildman–Crippen MR) is 98.4 cm³/mol. The van der Waals surface area contributed by atoms with E-state index in [1.807, 2.05) is 64.1 Å². The lowest BCUT2D eigenvalue weighted by Gasteiger charge is -2.28. The number of hydrogen-bond acceptors (Lipinski definition) is 2. The molecule has 0 saturated heterocycles. The molecule has 0 spiro atoms. The third-order valence-corrected chi connectivity index (χ3v) is 3.97. The van der Waals surface area contributed by atoms with Crippen molar-refractivity contribution in [3.8, 4) is 5.75 Å². The Balaban J connectivity index is 1.98. The van der Waals surface area contributed by atoms with Crippen LogP contribution >= 0.6 is 0 Å². The first-order chi connectivity index (χ1) is 11.3. The molecule has 1 atom stereocenters. The number of ether oxygens (including phenoxy) is 1. The molecule has 0 saturated carbocycles. The fraction of sp³-hybridized carbons (Fsp3) is 0.381. The van der Waals surface area contributed by atoms with E-state index in [9.17, 15) is 4.79 Å². The van der Waals surface area contributed by atoms with Crippen LogP contribution in [0.25, 0.3) is 0 Å². The Hall–Kier alpha value is -2.29. The van der Waals surface area contributed by atoms with Gasteiger partial charge in [-0.3, -0.25) is 4.79 Å². The Morgan fingerprint density at radius 2 is 1.79 bits per heavy atom. The summed E-state index contributed by atoms with van der Waals surface area (Å²) in [5, 5.41) is 3.09. The summed E-state index contributed by atoms with van der Waals surface area (Å²) >= 11 is 0. The van der Waals surface area contributed by atoms with Crippen molar-refractivity contribution in [2.75, 3.05) is 0 Å². The molecule has 1 amide bonds. The van der Waals surface area contributed by atoms with Gasteiger partial charge in [0.05, 0.1) is 0 Å². The molecule has 0 fully saturated rings. The molecule has 24 heavy (non-hydrogen) atoms. The fourth-order valence-electron chi connectivity index (χ4n) is 2.66. The van der Waals surface area contributed by atoms with Crippen LogP contribution in [0.15, 0.2) is 48.5 Å². The highest BCUT2D eigenvalue weighted by molar-refractivity contribution is 5.81. The zero-order chi connectivity index (χ0) is 17.7. The van der Waals surface area contributed by atoms with Crippen LogP contribution in [0.2, 0.25) is 0 Å². The number of carbonyl (C=O) groups is 1. The Bertz CT molecular complexity index is 692. The lowest BCUT2D eigenvalue weighted by atomic mass is 9.94. The molecule has 0 heterocycles. The molecule has 0 aliphatic carbocycles. The third kappa shape index (κ3) is 5.12. The number of nitrogens with one attached hydrogen (secondary N) is 1. The second-order valence-electron chi connectivity index (χ2n) is 7.06. The van der Waals surface area contributed by atoms with Gasteiger partial charge in [0.2, 0.25) is 0 Å². The Labute approximate surface area is 145 Å². The van der Waals surface area contributed by atoms with Crippen molar-refractivity contribution in [1.29, 1.82) is 0 Å². The van der Waals surface area contributed by atoms with Crippen LogP contribution in [0.4, 0.5) is 0 Å². The van der Waals surface area contributed by atoms with Crippen LogP contribution in [-0.4, -0.2) is 17.6 Å². The van der Waals surface area contributed by atoms with E-state index in [1.54, 1.807) is 6.92 Å².